The van der Waals surface area contributed by atoms with Crippen LogP contribution in [-0.4, -0.2) is 18.2 Å². The summed E-state index contributed by atoms with van der Waals surface area (Å²) in [6.07, 6.45) is 2.25. The number of rotatable bonds is 8. The molecule has 2 aromatic carbocycles. The van der Waals surface area contributed by atoms with Gasteiger partial charge in [0, 0.05) is 0 Å². The molecular formula is C21H20N2O4. The molecule has 1 N–H and O–H groups in total. The Morgan fingerprint density at radius 2 is 1.81 bits per heavy atom. The van der Waals surface area contributed by atoms with Crippen LogP contribution in [0, 0.1) is 0 Å². The fourth-order valence-corrected chi connectivity index (χ4v) is 2.23. The molecule has 1 atom stereocenters. The molecule has 0 radical (unpaired) electrons. The number of hydrogen-bond donors (Lipinski definition) is 1. The molecule has 0 aliphatic rings. The zero-order valence-electron chi connectivity index (χ0n) is 14.9. The Labute approximate surface area is 157 Å². The number of amides is 1. The van der Waals surface area contributed by atoms with Crippen molar-refractivity contribution in [3.63, 3.8) is 0 Å². The predicted octanol–water partition coefficient (Wildman–Crippen LogP) is 3.78. The van der Waals surface area contributed by atoms with Crippen LogP contribution in [0.4, 0.5) is 0 Å². The van der Waals surface area contributed by atoms with Crippen molar-refractivity contribution >= 4 is 12.1 Å². The van der Waals surface area contributed by atoms with Gasteiger partial charge in [-0.1, -0.05) is 30.3 Å². The van der Waals surface area contributed by atoms with Crippen LogP contribution in [0.1, 0.15) is 18.2 Å². The van der Waals surface area contributed by atoms with Gasteiger partial charge in [-0.2, -0.15) is 5.10 Å². The van der Waals surface area contributed by atoms with Crippen LogP contribution >= 0.6 is 0 Å². The van der Waals surface area contributed by atoms with E-state index in [1.807, 2.05) is 30.3 Å². The first kappa shape index (κ1) is 18.3. The van der Waals surface area contributed by atoms with Crippen molar-refractivity contribution in [2.45, 2.75) is 19.6 Å². The third-order valence-electron chi connectivity index (χ3n) is 3.66. The lowest BCUT2D eigenvalue weighted by molar-refractivity contribution is -0.127. The molecule has 1 aromatic heterocycles. The number of furan rings is 1. The first-order valence-electron chi connectivity index (χ1n) is 8.50. The highest BCUT2D eigenvalue weighted by Gasteiger charge is 2.14. The minimum atomic E-state index is -0.699. The van der Waals surface area contributed by atoms with E-state index in [1.165, 1.54) is 12.5 Å². The average Bonchev–Trinajstić information content (AvgIpc) is 3.21. The number of carbonyl (C=O) groups excluding carboxylic acids is 1. The van der Waals surface area contributed by atoms with Crippen LogP contribution in [0.15, 0.2) is 82.5 Å². The first-order valence-corrected chi connectivity index (χ1v) is 8.50. The van der Waals surface area contributed by atoms with Crippen LogP contribution in [0.2, 0.25) is 0 Å². The minimum absolute atomic E-state index is 0.359. The van der Waals surface area contributed by atoms with Crippen molar-refractivity contribution < 1.29 is 18.7 Å². The second kappa shape index (κ2) is 9.24. The van der Waals surface area contributed by atoms with Crippen molar-refractivity contribution in [3.05, 3.63) is 84.3 Å². The molecule has 0 saturated carbocycles. The molecule has 3 rings (SSSR count). The van der Waals surface area contributed by atoms with Crippen molar-refractivity contribution in [1.29, 1.82) is 0 Å². The molecule has 6 heteroatoms. The van der Waals surface area contributed by atoms with E-state index in [-0.39, 0.29) is 5.91 Å². The van der Waals surface area contributed by atoms with Gasteiger partial charge in [0.15, 0.2) is 6.10 Å². The van der Waals surface area contributed by atoms with Crippen molar-refractivity contribution in [1.82, 2.24) is 5.43 Å². The summed E-state index contributed by atoms with van der Waals surface area (Å²) in [5.74, 6) is 1.49. The molecule has 0 fully saturated rings. The van der Waals surface area contributed by atoms with Gasteiger partial charge < -0.3 is 13.9 Å². The normalized spacial score (nSPS) is 11.9. The number of carbonyl (C=O) groups is 1. The summed E-state index contributed by atoms with van der Waals surface area (Å²) in [6, 6.07) is 20.5. The van der Waals surface area contributed by atoms with Gasteiger partial charge >= 0.3 is 0 Å². The smallest absolute Gasteiger partial charge is 0.280 e. The summed E-state index contributed by atoms with van der Waals surface area (Å²) in [5, 5.41) is 3.83. The zero-order valence-corrected chi connectivity index (χ0v) is 14.9. The third kappa shape index (κ3) is 5.74. The summed E-state index contributed by atoms with van der Waals surface area (Å²) in [6.45, 7) is 2.14. The van der Waals surface area contributed by atoms with Crippen LogP contribution < -0.4 is 14.9 Å². The molecule has 6 nitrogen and oxygen atoms in total. The van der Waals surface area contributed by atoms with Crippen LogP contribution in [0.5, 0.6) is 11.5 Å². The molecule has 27 heavy (non-hydrogen) atoms. The predicted molar refractivity (Wildman–Crippen MR) is 102 cm³/mol. The molecule has 1 amide bonds. The van der Waals surface area contributed by atoms with Crippen LogP contribution in [-0.2, 0) is 11.4 Å². The second-order valence-electron chi connectivity index (χ2n) is 5.76. The highest BCUT2D eigenvalue weighted by Crippen LogP contribution is 2.19. The van der Waals surface area contributed by atoms with Crippen LogP contribution in [0.3, 0.4) is 0 Å². The molecule has 138 valence electrons. The Bertz CT molecular complexity index is 859. The van der Waals surface area contributed by atoms with Gasteiger partial charge in [0.1, 0.15) is 23.9 Å². The van der Waals surface area contributed by atoms with E-state index in [2.05, 4.69) is 10.5 Å². The van der Waals surface area contributed by atoms with Gasteiger partial charge in [0.25, 0.3) is 5.91 Å². The summed E-state index contributed by atoms with van der Waals surface area (Å²) >= 11 is 0. The zero-order chi connectivity index (χ0) is 18.9. The molecule has 3 aromatic rings. The second-order valence-corrected chi connectivity index (χ2v) is 5.76. The fraction of sp³-hybridized carbons (Fsp3) is 0.143. The molecule has 0 saturated heterocycles. The molecule has 1 heterocycles. The molecule has 1 unspecified atom stereocenters. The van der Waals surface area contributed by atoms with Gasteiger partial charge in [0.05, 0.1) is 12.5 Å². The number of hydrogen-bond acceptors (Lipinski definition) is 5. The van der Waals surface area contributed by atoms with Crippen molar-refractivity contribution in [3.8, 4) is 11.5 Å². The maximum absolute atomic E-state index is 12.0. The summed E-state index contributed by atoms with van der Waals surface area (Å²) in [4.78, 5) is 12.0. The van der Waals surface area contributed by atoms with E-state index in [1.54, 1.807) is 43.3 Å². The number of benzene rings is 2. The minimum Gasteiger partial charge on any atom is -0.489 e. The number of nitrogens with zero attached hydrogens (tertiary/aromatic N) is 1. The van der Waals surface area contributed by atoms with E-state index < -0.39 is 6.10 Å². The number of hydrazone groups is 1. The fourth-order valence-electron chi connectivity index (χ4n) is 2.23. The van der Waals surface area contributed by atoms with E-state index in [4.69, 9.17) is 13.9 Å². The van der Waals surface area contributed by atoms with Crippen molar-refractivity contribution in [2.75, 3.05) is 0 Å². The standard InChI is InChI=1S/C21H20N2O4/c1-16(21(24)23-22-14-20-8-5-13-25-20)27-19-11-9-18(10-12-19)26-15-17-6-3-2-4-7-17/h2-14,16H,15H2,1H3,(H,23,24)/b22-14+. The monoisotopic (exact) mass is 364 g/mol. The van der Waals surface area contributed by atoms with Crippen LogP contribution in [0.25, 0.3) is 0 Å². The topological polar surface area (TPSA) is 73.1 Å². The van der Waals surface area contributed by atoms with Gasteiger partial charge in [-0.3, -0.25) is 4.79 Å². The third-order valence-corrected chi connectivity index (χ3v) is 3.66. The molecule has 0 aliphatic carbocycles. The SMILES string of the molecule is CC(Oc1ccc(OCc2ccccc2)cc1)C(=O)N/N=C/c1ccco1. The molecule has 0 spiro atoms. The van der Waals surface area contributed by atoms with Crippen molar-refractivity contribution in [2.24, 2.45) is 5.10 Å². The number of nitrogens with one attached hydrogen (secondary N) is 1. The Morgan fingerprint density at radius 1 is 1.07 bits per heavy atom. The van der Waals surface area contributed by atoms with E-state index >= 15 is 0 Å². The van der Waals surface area contributed by atoms with Gasteiger partial charge in [0.2, 0.25) is 0 Å². The largest absolute Gasteiger partial charge is 0.489 e. The highest BCUT2D eigenvalue weighted by atomic mass is 16.5. The first-order chi connectivity index (χ1) is 13.2. The quantitative estimate of drug-likeness (QED) is 0.488. The number of ether oxygens (including phenoxy) is 2. The molecule has 0 aliphatic heterocycles. The van der Waals surface area contributed by atoms with E-state index in [9.17, 15) is 4.79 Å². The maximum atomic E-state index is 12.0. The highest BCUT2D eigenvalue weighted by molar-refractivity contribution is 5.83. The summed E-state index contributed by atoms with van der Waals surface area (Å²) < 4.78 is 16.4. The maximum Gasteiger partial charge on any atom is 0.280 e. The lowest BCUT2D eigenvalue weighted by atomic mass is 10.2. The average molecular weight is 364 g/mol. The molecule has 0 bridgehead atoms. The van der Waals surface area contributed by atoms with E-state index in [0.29, 0.717) is 18.1 Å². The Morgan fingerprint density at radius 3 is 2.52 bits per heavy atom. The van der Waals surface area contributed by atoms with Gasteiger partial charge in [-0.05, 0) is 48.9 Å². The Balaban J connectivity index is 1.46. The summed E-state index contributed by atoms with van der Waals surface area (Å²) in [7, 11) is 0. The van der Waals surface area contributed by atoms with Gasteiger partial charge in [-0.15, -0.1) is 0 Å². The Hall–Kier alpha value is -3.54. The van der Waals surface area contributed by atoms with Gasteiger partial charge in [-0.25, -0.2) is 5.43 Å². The lowest BCUT2D eigenvalue weighted by Gasteiger charge is -2.13. The Kier molecular flexibility index (Phi) is 6.25. The summed E-state index contributed by atoms with van der Waals surface area (Å²) in [5.41, 5.74) is 3.51. The molecular weight excluding hydrogens is 344 g/mol. The lowest BCUT2D eigenvalue weighted by Crippen LogP contribution is -2.33. The van der Waals surface area contributed by atoms with E-state index in [0.717, 1.165) is 11.3 Å².